The fourth-order valence-corrected chi connectivity index (χ4v) is 5.24. The first-order chi connectivity index (χ1) is 17.1. The number of aliphatic carboxylic acids is 1. The molecule has 2 N–H and O–H groups in total. The van der Waals surface area contributed by atoms with Crippen LogP contribution in [0.3, 0.4) is 0 Å². The zero-order chi connectivity index (χ0) is 25.9. The highest BCUT2D eigenvalue weighted by Crippen LogP contribution is 2.56. The Hall–Kier alpha value is -3.67. The Balaban J connectivity index is 1.55. The molecule has 3 atom stereocenters. The van der Waals surface area contributed by atoms with Gasteiger partial charge in [0, 0.05) is 12.3 Å². The maximum Gasteiger partial charge on any atom is 0.329 e. The smallest absolute Gasteiger partial charge is 0.329 e. The molecule has 0 saturated heterocycles. The second-order valence-electron chi connectivity index (χ2n) is 10.5. The van der Waals surface area contributed by atoms with Gasteiger partial charge in [0.25, 0.3) is 0 Å². The highest BCUT2D eigenvalue weighted by Gasteiger charge is 2.58. The van der Waals surface area contributed by atoms with Crippen molar-refractivity contribution < 1.29 is 24.2 Å². The largest absolute Gasteiger partial charge is 0.481 e. The number of benzene rings is 3. The third kappa shape index (κ3) is 4.99. The lowest BCUT2D eigenvalue weighted by Crippen LogP contribution is -2.50. The highest BCUT2D eigenvalue weighted by molar-refractivity contribution is 5.88. The quantitative estimate of drug-likeness (QED) is 0.429. The molecule has 6 heteroatoms. The van der Waals surface area contributed by atoms with Crippen LogP contribution in [-0.2, 0) is 32.1 Å². The van der Waals surface area contributed by atoms with Crippen LogP contribution in [0.15, 0.2) is 72.8 Å². The zero-order valence-corrected chi connectivity index (χ0v) is 21.0. The van der Waals surface area contributed by atoms with Crippen molar-refractivity contribution in [2.24, 2.45) is 16.7 Å². The number of amides is 1. The Bertz CT molecular complexity index is 1270. The van der Waals surface area contributed by atoms with Crippen molar-refractivity contribution in [2.45, 2.75) is 52.7 Å². The van der Waals surface area contributed by atoms with Crippen LogP contribution in [0.2, 0.25) is 0 Å². The first-order valence-electron chi connectivity index (χ1n) is 12.3. The molecule has 1 aliphatic carbocycles. The van der Waals surface area contributed by atoms with Gasteiger partial charge >= 0.3 is 11.9 Å². The molecule has 3 aromatic carbocycles. The topological polar surface area (TPSA) is 92.7 Å². The molecular formula is C30H33NO5. The minimum Gasteiger partial charge on any atom is -0.481 e. The van der Waals surface area contributed by atoms with Gasteiger partial charge in [-0.15, -0.1) is 0 Å². The molecule has 0 unspecified atom stereocenters. The van der Waals surface area contributed by atoms with Crippen molar-refractivity contribution in [3.8, 4) is 0 Å². The average Bonchev–Trinajstić information content (AvgIpc) is 3.12. The van der Waals surface area contributed by atoms with Gasteiger partial charge in [-0.2, -0.15) is 0 Å². The molecule has 0 heterocycles. The number of carbonyl (C=O) groups is 3. The summed E-state index contributed by atoms with van der Waals surface area (Å²) in [4.78, 5) is 38.7. The molecule has 1 amide bonds. The van der Waals surface area contributed by atoms with Crippen LogP contribution in [0.1, 0.15) is 44.7 Å². The van der Waals surface area contributed by atoms with Gasteiger partial charge in [0.05, 0.1) is 5.41 Å². The van der Waals surface area contributed by atoms with Crippen molar-refractivity contribution >= 4 is 28.6 Å². The Morgan fingerprint density at radius 3 is 2.28 bits per heavy atom. The standard InChI is InChI=1S/C30H33NO5/c1-29(2)24(15-16-30(29,3)28(34)35)26(32)31-25(27(33)36-19-20-9-5-4-6-10-20)18-21-13-14-22-11-7-8-12-23(22)17-21/h4-14,17,24-25H,15-16,18-19H2,1-3H3,(H,31,32)(H,34,35)/t24-,25-,30-/m0/s1. The summed E-state index contributed by atoms with van der Waals surface area (Å²) in [5, 5.41) is 14.9. The van der Waals surface area contributed by atoms with Gasteiger partial charge in [-0.3, -0.25) is 9.59 Å². The van der Waals surface area contributed by atoms with E-state index in [4.69, 9.17) is 4.74 Å². The fraction of sp³-hybridized carbons (Fsp3) is 0.367. The predicted molar refractivity (Wildman–Crippen MR) is 138 cm³/mol. The number of hydrogen-bond donors (Lipinski definition) is 2. The molecule has 1 fully saturated rings. The first-order valence-corrected chi connectivity index (χ1v) is 12.3. The Kier molecular flexibility index (Phi) is 7.16. The van der Waals surface area contributed by atoms with Gasteiger partial charge in [-0.05, 0) is 47.1 Å². The molecule has 36 heavy (non-hydrogen) atoms. The van der Waals surface area contributed by atoms with Gasteiger partial charge in [0.15, 0.2) is 0 Å². The number of carbonyl (C=O) groups excluding carboxylic acids is 2. The third-order valence-electron chi connectivity index (χ3n) is 8.09. The number of ether oxygens (including phenoxy) is 1. The molecule has 0 spiro atoms. The summed E-state index contributed by atoms with van der Waals surface area (Å²) in [5.41, 5.74) is -0.0337. The number of fused-ring (bicyclic) bond motifs is 1. The Morgan fingerprint density at radius 2 is 1.61 bits per heavy atom. The summed E-state index contributed by atoms with van der Waals surface area (Å²) in [6.07, 6.45) is 1.12. The van der Waals surface area contributed by atoms with E-state index in [1.165, 1.54) is 0 Å². The van der Waals surface area contributed by atoms with Gasteiger partial charge < -0.3 is 15.2 Å². The number of esters is 1. The van der Waals surface area contributed by atoms with Gasteiger partial charge in [0.2, 0.25) is 5.91 Å². The first kappa shape index (κ1) is 25.4. The van der Waals surface area contributed by atoms with E-state index < -0.39 is 34.7 Å². The van der Waals surface area contributed by atoms with E-state index in [9.17, 15) is 19.5 Å². The van der Waals surface area contributed by atoms with Crippen molar-refractivity contribution in [1.82, 2.24) is 5.32 Å². The van der Waals surface area contributed by atoms with E-state index in [0.717, 1.165) is 21.9 Å². The molecule has 3 aromatic rings. The molecular weight excluding hydrogens is 454 g/mol. The number of nitrogens with one attached hydrogen (secondary N) is 1. The number of rotatable bonds is 8. The van der Waals surface area contributed by atoms with Crippen LogP contribution in [0.5, 0.6) is 0 Å². The Morgan fingerprint density at radius 1 is 0.944 bits per heavy atom. The summed E-state index contributed by atoms with van der Waals surface area (Å²) >= 11 is 0. The molecule has 0 aromatic heterocycles. The predicted octanol–water partition coefficient (Wildman–Crippen LogP) is 5.14. The molecule has 188 valence electrons. The SMILES string of the molecule is CC1(C)[C@H](C(=O)N[C@@H](Cc2ccc3ccccc3c2)C(=O)OCc2ccccc2)CC[C@@]1(C)C(=O)O. The van der Waals surface area contributed by atoms with E-state index in [0.29, 0.717) is 12.8 Å². The minimum absolute atomic E-state index is 0.107. The summed E-state index contributed by atoms with van der Waals surface area (Å²) in [6, 6.07) is 22.4. The van der Waals surface area contributed by atoms with Crippen molar-refractivity contribution in [3.63, 3.8) is 0 Å². The van der Waals surface area contributed by atoms with Gasteiger partial charge in [-0.25, -0.2) is 4.79 Å². The van der Waals surface area contributed by atoms with E-state index in [-0.39, 0.29) is 18.9 Å². The maximum absolute atomic E-state index is 13.5. The van der Waals surface area contributed by atoms with Crippen molar-refractivity contribution in [1.29, 1.82) is 0 Å². The van der Waals surface area contributed by atoms with E-state index in [1.54, 1.807) is 6.92 Å². The van der Waals surface area contributed by atoms with Crippen LogP contribution >= 0.6 is 0 Å². The molecule has 0 bridgehead atoms. The molecule has 1 saturated carbocycles. The molecule has 0 aliphatic heterocycles. The van der Waals surface area contributed by atoms with Crippen molar-refractivity contribution in [2.75, 3.05) is 0 Å². The van der Waals surface area contributed by atoms with Crippen molar-refractivity contribution in [3.05, 3.63) is 83.9 Å². The second-order valence-corrected chi connectivity index (χ2v) is 10.5. The van der Waals surface area contributed by atoms with Gasteiger partial charge in [0.1, 0.15) is 12.6 Å². The van der Waals surface area contributed by atoms with Crippen LogP contribution in [-0.4, -0.2) is 29.0 Å². The lowest BCUT2D eigenvalue weighted by Gasteiger charge is -2.38. The summed E-state index contributed by atoms with van der Waals surface area (Å²) < 4.78 is 5.60. The summed E-state index contributed by atoms with van der Waals surface area (Å²) in [6.45, 7) is 5.45. The van der Waals surface area contributed by atoms with Gasteiger partial charge in [-0.1, -0.05) is 86.6 Å². The Labute approximate surface area is 211 Å². The third-order valence-corrected chi connectivity index (χ3v) is 8.09. The van der Waals surface area contributed by atoms with Crippen LogP contribution in [0.25, 0.3) is 10.8 Å². The maximum atomic E-state index is 13.5. The lowest BCUT2D eigenvalue weighted by atomic mass is 9.65. The normalized spacial score (nSPS) is 21.6. The number of hydrogen-bond acceptors (Lipinski definition) is 4. The summed E-state index contributed by atoms with van der Waals surface area (Å²) in [5.74, 6) is -2.26. The number of carboxylic acid groups (broad SMARTS) is 1. The molecule has 1 aliphatic rings. The van der Waals surface area contributed by atoms with Crippen LogP contribution in [0.4, 0.5) is 0 Å². The van der Waals surface area contributed by atoms with E-state index in [2.05, 4.69) is 5.32 Å². The van der Waals surface area contributed by atoms with Crippen LogP contribution in [0, 0.1) is 16.7 Å². The summed E-state index contributed by atoms with van der Waals surface area (Å²) in [7, 11) is 0. The van der Waals surface area contributed by atoms with Crippen LogP contribution < -0.4 is 5.32 Å². The minimum atomic E-state index is -1.02. The molecule has 6 nitrogen and oxygen atoms in total. The van der Waals surface area contributed by atoms with E-state index in [1.807, 2.05) is 86.6 Å². The molecule has 4 rings (SSSR count). The lowest BCUT2D eigenvalue weighted by molar-refractivity contribution is -0.156. The zero-order valence-electron chi connectivity index (χ0n) is 21.0. The fourth-order valence-electron chi connectivity index (χ4n) is 5.24. The number of carboxylic acids is 1. The van der Waals surface area contributed by atoms with E-state index >= 15 is 0 Å². The average molecular weight is 488 g/mol. The molecule has 0 radical (unpaired) electrons. The highest BCUT2D eigenvalue weighted by atomic mass is 16.5. The second kappa shape index (κ2) is 10.1. The monoisotopic (exact) mass is 487 g/mol.